The topological polar surface area (TPSA) is 65.5 Å². The number of nitrogens with zero attached hydrogens (tertiary/aromatic N) is 3. The molecule has 2 aromatic rings. The number of amides is 2. The van der Waals surface area contributed by atoms with Gasteiger partial charge in [0.15, 0.2) is 0 Å². The number of likely N-dealkylation sites (tertiary alicyclic amines) is 1. The summed E-state index contributed by atoms with van der Waals surface area (Å²) in [4.78, 5) is 34.3. The highest BCUT2D eigenvalue weighted by molar-refractivity contribution is 7.99. The van der Waals surface area contributed by atoms with Gasteiger partial charge in [0, 0.05) is 36.2 Å². The molecule has 2 unspecified atom stereocenters. The number of rotatable bonds is 6. The van der Waals surface area contributed by atoms with Gasteiger partial charge in [-0.05, 0) is 24.9 Å². The Balaban J connectivity index is 1.41. The largest absolute Gasteiger partial charge is 0.342 e. The molecule has 1 N–H and O–H groups in total. The smallest absolute Gasteiger partial charge is 0.239 e. The molecular weight excluding hydrogens is 404 g/mol. The fourth-order valence-corrected chi connectivity index (χ4v) is 5.61. The third-order valence-corrected chi connectivity index (χ3v) is 7.24. The summed E-state index contributed by atoms with van der Waals surface area (Å²) >= 11 is 3.43. The van der Waals surface area contributed by atoms with E-state index < -0.39 is 0 Å². The first-order valence-corrected chi connectivity index (χ1v) is 12.1. The van der Waals surface area contributed by atoms with Crippen molar-refractivity contribution < 1.29 is 9.59 Å². The van der Waals surface area contributed by atoms with Gasteiger partial charge in [-0.2, -0.15) is 11.8 Å². The van der Waals surface area contributed by atoms with Crippen molar-refractivity contribution in [2.24, 2.45) is 0 Å². The van der Waals surface area contributed by atoms with Crippen LogP contribution in [0.4, 0.5) is 0 Å². The quantitative estimate of drug-likeness (QED) is 0.762. The van der Waals surface area contributed by atoms with E-state index in [1.165, 1.54) is 11.3 Å². The number of carbonyl (C=O) groups is 2. The fourth-order valence-electron chi connectivity index (χ4n) is 3.99. The van der Waals surface area contributed by atoms with Gasteiger partial charge < -0.3 is 10.2 Å². The summed E-state index contributed by atoms with van der Waals surface area (Å²) in [6.45, 7) is 2.67. The summed E-state index contributed by atoms with van der Waals surface area (Å²) in [5, 5.41) is 5.93. The Labute approximate surface area is 179 Å². The molecular formula is C21H26N4O2S2. The molecule has 4 rings (SSSR count). The van der Waals surface area contributed by atoms with E-state index in [1.807, 2.05) is 57.3 Å². The predicted molar refractivity (Wildman–Crippen MR) is 117 cm³/mol. The Hall–Kier alpha value is -1.90. The number of aromatic nitrogens is 1. The van der Waals surface area contributed by atoms with Gasteiger partial charge in [-0.15, -0.1) is 11.3 Å². The molecule has 2 aliphatic heterocycles. The van der Waals surface area contributed by atoms with Gasteiger partial charge in [0.1, 0.15) is 11.0 Å². The zero-order valence-electron chi connectivity index (χ0n) is 16.3. The first kappa shape index (κ1) is 20.4. The lowest BCUT2D eigenvalue weighted by atomic mass is 10.1. The normalized spacial score (nSPS) is 21.1. The number of hydrogen-bond donors (Lipinski definition) is 1. The van der Waals surface area contributed by atoms with Gasteiger partial charge in [0.2, 0.25) is 11.8 Å². The minimum absolute atomic E-state index is 0.0667. The highest BCUT2D eigenvalue weighted by Crippen LogP contribution is 2.25. The average molecular weight is 431 g/mol. The molecule has 2 aliphatic rings. The van der Waals surface area contributed by atoms with Crippen LogP contribution in [0.3, 0.4) is 0 Å². The van der Waals surface area contributed by atoms with Crippen LogP contribution in [0.1, 0.15) is 29.5 Å². The first-order chi connectivity index (χ1) is 14.2. The van der Waals surface area contributed by atoms with E-state index in [0.29, 0.717) is 0 Å². The van der Waals surface area contributed by atoms with Crippen molar-refractivity contribution in [3.05, 3.63) is 52.5 Å². The molecule has 0 spiro atoms. The van der Waals surface area contributed by atoms with Crippen LogP contribution >= 0.6 is 23.1 Å². The van der Waals surface area contributed by atoms with E-state index in [2.05, 4.69) is 10.3 Å². The lowest BCUT2D eigenvalue weighted by Gasteiger charge is -2.32. The molecule has 29 heavy (non-hydrogen) atoms. The maximum Gasteiger partial charge on any atom is 0.239 e. The van der Waals surface area contributed by atoms with Crippen molar-refractivity contribution in [1.82, 2.24) is 20.1 Å². The average Bonchev–Trinajstić information content (AvgIpc) is 3.45. The lowest BCUT2D eigenvalue weighted by Crippen LogP contribution is -2.50. The van der Waals surface area contributed by atoms with Crippen molar-refractivity contribution in [3.63, 3.8) is 0 Å². The van der Waals surface area contributed by atoms with Crippen LogP contribution in [0.2, 0.25) is 0 Å². The molecule has 0 saturated carbocycles. The molecule has 2 fully saturated rings. The van der Waals surface area contributed by atoms with Crippen molar-refractivity contribution >= 4 is 34.9 Å². The van der Waals surface area contributed by atoms with Gasteiger partial charge in [-0.3, -0.25) is 14.5 Å². The van der Waals surface area contributed by atoms with E-state index in [0.717, 1.165) is 54.6 Å². The molecule has 1 aromatic heterocycles. The van der Waals surface area contributed by atoms with Crippen LogP contribution < -0.4 is 5.32 Å². The van der Waals surface area contributed by atoms with Gasteiger partial charge in [0.05, 0.1) is 12.6 Å². The van der Waals surface area contributed by atoms with Crippen LogP contribution in [-0.2, 0) is 9.59 Å². The Bertz CT molecular complexity index is 809. The highest BCUT2D eigenvalue weighted by Gasteiger charge is 2.35. The second-order valence-electron chi connectivity index (χ2n) is 7.35. The third-order valence-electron chi connectivity index (χ3n) is 5.45. The minimum Gasteiger partial charge on any atom is -0.342 e. The van der Waals surface area contributed by atoms with Gasteiger partial charge in [-0.1, -0.05) is 30.3 Å². The molecule has 1 aromatic carbocycles. The summed E-state index contributed by atoms with van der Waals surface area (Å²) in [6, 6.07) is 9.47. The van der Waals surface area contributed by atoms with Crippen molar-refractivity contribution in [1.29, 1.82) is 0 Å². The van der Waals surface area contributed by atoms with Crippen molar-refractivity contribution in [2.75, 3.05) is 37.7 Å². The van der Waals surface area contributed by atoms with Crippen molar-refractivity contribution in [3.8, 4) is 0 Å². The summed E-state index contributed by atoms with van der Waals surface area (Å²) in [6.07, 6.45) is 3.55. The number of benzene rings is 1. The first-order valence-electron chi connectivity index (χ1n) is 10.1. The Morgan fingerprint density at radius 2 is 1.97 bits per heavy atom. The molecule has 0 bridgehead atoms. The summed E-state index contributed by atoms with van der Waals surface area (Å²) < 4.78 is 0. The van der Waals surface area contributed by atoms with Crippen LogP contribution in [0.15, 0.2) is 41.9 Å². The van der Waals surface area contributed by atoms with Gasteiger partial charge in [-0.25, -0.2) is 4.98 Å². The lowest BCUT2D eigenvalue weighted by molar-refractivity contribution is -0.136. The van der Waals surface area contributed by atoms with Crippen LogP contribution in [-0.4, -0.2) is 70.3 Å². The van der Waals surface area contributed by atoms with E-state index in [4.69, 9.17) is 0 Å². The van der Waals surface area contributed by atoms with Gasteiger partial charge >= 0.3 is 0 Å². The molecule has 6 nitrogen and oxygen atoms in total. The molecule has 154 valence electrons. The number of thiazole rings is 1. The molecule has 8 heteroatoms. The Morgan fingerprint density at radius 3 is 2.69 bits per heavy atom. The zero-order chi connectivity index (χ0) is 20.1. The predicted octanol–water partition coefficient (Wildman–Crippen LogP) is 2.39. The Kier molecular flexibility index (Phi) is 6.84. The molecule has 2 amide bonds. The molecule has 3 heterocycles. The van der Waals surface area contributed by atoms with Crippen LogP contribution in [0, 0.1) is 0 Å². The number of thioether (sulfide) groups is 1. The summed E-state index contributed by atoms with van der Waals surface area (Å²) in [7, 11) is 0. The monoisotopic (exact) mass is 430 g/mol. The van der Waals surface area contributed by atoms with Gasteiger partial charge in [0.25, 0.3) is 0 Å². The minimum atomic E-state index is -0.264. The Morgan fingerprint density at radius 1 is 1.17 bits per heavy atom. The summed E-state index contributed by atoms with van der Waals surface area (Å²) in [5.41, 5.74) is 1.01. The number of carbonyl (C=O) groups excluding carboxylic acids is 2. The second-order valence-corrected chi connectivity index (χ2v) is 9.50. The maximum absolute atomic E-state index is 13.0. The highest BCUT2D eigenvalue weighted by atomic mass is 32.2. The summed E-state index contributed by atoms with van der Waals surface area (Å²) in [5.74, 6) is 2.13. The molecule has 0 radical (unpaired) electrons. The maximum atomic E-state index is 13.0. The fraction of sp³-hybridized carbons (Fsp3) is 0.476. The zero-order valence-corrected chi connectivity index (χ0v) is 18.0. The third kappa shape index (κ3) is 4.99. The number of nitrogens with one attached hydrogen (secondary N) is 1. The molecule has 0 aliphatic carbocycles. The van der Waals surface area contributed by atoms with E-state index in [9.17, 15) is 9.59 Å². The van der Waals surface area contributed by atoms with Crippen LogP contribution in [0.5, 0.6) is 0 Å². The van der Waals surface area contributed by atoms with E-state index >= 15 is 0 Å². The van der Waals surface area contributed by atoms with E-state index in [1.54, 1.807) is 6.20 Å². The van der Waals surface area contributed by atoms with E-state index in [-0.39, 0.29) is 30.4 Å². The van der Waals surface area contributed by atoms with Crippen LogP contribution in [0.25, 0.3) is 0 Å². The number of hydrogen-bond acceptors (Lipinski definition) is 6. The standard InChI is InChI=1S/C21H26N4O2S2/c26-18(23-19(20-22-8-12-29-20)16-5-2-1-3-6-16)15-25-9-4-7-17(25)21(27)24-10-13-28-14-11-24/h1-3,5-6,8,12,17,19H,4,7,9-11,13-15H2,(H,23,26). The second kappa shape index (κ2) is 9.73. The molecule has 2 atom stereocenters. The van der Waals surface area contributed by atoms with Crippen molar-refractivity contribution in [2.45, 2.75) is 24.9 Å². The SMILES string of the molecule is O=C(CN1CCCC1C(=O)N1CCSCC1)NC(c1ccccc1)c1nccs1. The molecule has 2 saturated heterocycles.